The first-order chi connectivity index (χ1) is 15.0. The van der Waals surface area contributed by atoms with Gasteiger partial charge in [-0.1, -0.05) is 18.2 Å². The van der Waals surface area contributed by atoms with Gasteiger partial charge in [-0.15, -0.1) is 0 Å². The molecule has 158 valence electrons. The molecule has 6 heteroatoms. The Kier molecular flexibility index (Phi) is 5.62. The molecule has 0 bridgehead atoms. The fourth-order valence-corrected chi connectivity index (χ4v) is 3.36. The van der Waals surface area contributed by atoms with Crippen molar-refractivity contribution in [1.82, 2.24) is 0 Å². The van der Waals surface area contributed by atoms with E-state index in [2.05, 4.69) is 0 Å². The van der Waals surface area contributed by atoms with Gasteiger partial charge in [-0.25, -0.2) is 4.39 Å². The molecule has 0 radical (unpaired) electrons. The Bertz CT molecular complexity index is 1170. The monoisotopic (exact) mass is 420 g/mol. The number of ether oxygens (including phenoxy) is 4. The predicted molar refractivity (Wildman–Crippen MR) is 114 cm³/mol. The average Bonchev–Trinajstić information content (AvgIpc) is 3.10. The van der Waals surface area contributed by atoms with Gasteiger partial charge < -0.3 is 18.9 Å². The SMILES string of the molecule is COc1ccc(/C=C2\Oc3c(ccc(OCc4ccc(F)cc4)c3C)C2=O)cc1OC. The summed E-state index contributed by atoms with van der Waals surface area (Å²) >= 11 is 0. The third-order valence-corrected chi connectivity index (χ3v) is 5.05. The van der Waals surface area contributed by atoms with Crippen molar-refractivity contribution >= 4 is 11.9 Å². The lowest BCUT2D eigenvalue weighted by Gasteiger charge is -2.11. The van der Waals surface area contributed by atoms with Crippen LogP contribution in [0.25, 0.3) is 6.08 Å². The van der Waals surface area contributed by atoms with Crippen LogP contribution in [0.1, 0.15) is 27.0 Å². The van der Waals surface area contributed by atoms with E-state index >= 15 is 0 Å². The Morgan fingerprint density at radius 2 is 1.65 bits per heavy atom. The molecule has 0 amide bonds. The van der Waals surface area contributed by atoms with Gasteiger partial charge in [-0.2, -0.15) is 0 Å². The van der Waals surface area contributed by atoms with Crippen LogP contribution in [-0.2, 0) is 6.61 Å². The molecule has 3 aromatic carbocycles. The van der Waals surface area contributed by atoms with Crippen LogP contribution in [0, 0.1) is 12.7 Å². The number of allylic oxidation sites excluding steroid dienone is 1. The first kappa shape index (κ1) is 20.5. The van der Waals surface area contributed by atoms with Gasteiger partial charge in [0.1, 0.15) is 23.9 Å². The van der Waals surface area contributed by atoms with Crippen molar-refractivity contribution in [2.24, 2.45) is 0 Å². The highest BCUT2D eigenvalue weighted by atomic mass is 19.1. The maximum Gasteiger partial charge on any atom is 0.231 e. The number of halogens is 1. The van der Waals surface area contributed by atoms with Gasteiger partial charge in [0.15, 0.2) is 17.3 Å². The highest BCUT2D eigenvalue weighted by Crippen LogP contribution is 2.40. The summed E-state index contributed by atoms with van der Waals surface area (Å²) < 4.78 is 35.4. The van der Waals surface area contributed by atoms with Crippen LogP contribution in [0.3, 0.4) is 0 Å². The average molecular weight is 420 g/mol. The maximum atomic E-state index is 13.1. The van der Waals surface area contributed by atoms with E-state index in [-0.39, 0.29) is 24.0 Å². The molecule has 1 heterocycles. The van der Waals surface area contributed by atoms with Gasteiger partial charge in [0.2, 0.25) is 5.78 Å². The number of carbonyl (C=O) groups is 1. The first-order valence-electron chi connectivity index (χ1n) is 9.67. The second-order valence-electron chi connectivity index (χ2n) is 7.03. The van der Waals surface area contributed by atoms with E-state index in [0.29, 0.717) is 28.6 Å². The van der Waals surface area contributed by atoms with Gasteiger partial charge in [-0.05, 0) is 60.5 Å². The van der Waals surface area contributed by atoms with Crippen molar-refractivity contribution in [2.75, 3.05) is 14.2 Å². The molecule has 4 rings (SSSR count). The van der Waals surface area contributed by atoms with Crippen LogP contribution in [-0.4, -0.2) is 20.0 Å². The molecule has 0 saturated carbocycles. The Balaban J connectivity index is 1.56. The summed E-state index contributed by atoms with van der Waals surface area (Å²) in [4.78, 5) is 12.8. The van der Waals surface area contributed by atoms with Crippen molar-refractivity contribution < 1.29 is 28.1 Å². The Morgan fingerprint density at radius 1 is 0.935 bits per heavy atom. The Labute approximate surface area is 179 Å². The molecule has 0 unspecified atom stereocenters. The highest BCUT2D eigenvalue weighted by molar-refractivity contribution is 6.15. The molecule has 0 fully saturated rings. The Morgan fingerprint density at radius 3 is 2.35 bits per heavy atom. The van der Waals surface area contributed by atoms with E-state index in [9.17, 15) is 9.18 Å². The molecule has 0 aromatic heterocycles. The minimum atomic E-state index is -0.293. The van der Waals surface area contributed by atoms with Crippen molar-refractivity contribution in [3.63, 3.8) is 0 Å². The number of carbonyl (C=O) groups excluding carboxylic acids is 1. The number of hydrogen-bond acceptors (Lipinski definition) is 5. The molecule has 3 aromatic rings. The highest BCUT2D eigenvalue weighted by Gasteiger charge is 2.30. The molecule has 0 N–H and O–H groups in total. The number of fused-ring (bicyclic) bond motifs is 1. The van der Waals surface area contributed by atoms with E-state index in [1.54, 1.807) is 56.7 Å². The minimum absolute atomic E-state index is 0.196. The number of rotatable bonds is 6. The van der Waals surface area contributed by atoms with Crippen LogP contribution in [0.15, 0.2) is 60.4 Å². The van der Waals surface area contributed by atoms with E-state index in [4.69, 9.17) is 18.9 Å². The summed E-state index contributed by atoms with van der Waals surface area (Å²) in [5.74, 6) is 1.98. The second-order valence-corrected chi connectivity index (χ2v) is 7.03. The van der Waals surface area contributed by atoms with Crippen LogP contribution in [0.2, 0.25) is 0 Å². The topological polar surface area (TPSA) is 54.0 Å². The fourth-order valence-electron chi connectivity index (χ4n) is 3.36. The van der Waals surface area contributed by atoms with Gasteiger partial charge in [0.25, 0.3) is 0 Å². The molecule has 5 nitrogen and oxygen atoms in total. The summed E-state index contributed by atoms with van der Waals surface area (Å²) in [5.41, 5.74) is 2.80. The third kappa shape index (κ3) is 4.10. The third-order valence-electron chi connectivity index (χ3n) is 5.05. The number of ketones is 1. The standard InChI is InChI=1S/C25H21FO5/c1-15-20(30-14-16-4-7-18(26)8-5-16)11-9-19-24(27)23(31-25(15)19)13-17-6-10-21(28-2)22(12-17)29-3/h4-13H,14H2,1-3H3/b23-13-. The predicted octanol–water partition coefficient (Wildman–Crippen LogP) is 5.35. The summed E-state index contributed by atoms with van der Waals surface area (Å²) in [6.45, 7) is 2.12. The van der Waals surface area contributed by atoms with Crippen molar-refractivity contribution in [3.05, 3.63) is 88.4 Å². The van der Waals surface area contributed by atoms with Crippen molar-refractivity contribution in [1.29, 1.82) is 0 Å². The molecule has 1 aliphatic rings. The number of hydrogen-bond donors (Lipinski definition) is 0. The second kappa shape index (κ2) is 8.52. The van der Waals surface area contributed by atoms with Crippen molar-refractivity contribution in [2.45, 2.75) is 13.5 Å². The molecule has 1 aliphatic heterocycles. The molecule has 0 aliphatic carbocycles. The summed E-state index contributed by atoms with van der Waals surface area (Å²) in [6, 6.07) is 14.9. The molecular weight excluding hydrogens is 399 g/mol. The van der Waals surface area contributed by atoms with Crippen LogP contribution in [0.5, 0.6) is 23.0 Å². The molecular formula is C25H21FO5. The quantitative estimate of drug-likeness (QED) is 0.504. The number of benzene rings is 3. The molecule has 0 saturated heterocycles. The first-order valence-corrected chi connectivity index (χ1v) is 9.67. The number of methoxy groups -OCH3 is 2. The minimum Gasteiger partial charge on any atom is -0.493 e. The van der Waals surface area contributed by atoms with Gasteiger partial charge in [0, 0.05) is 5.56 Å². The van der Waals surface area contributed by atoms with Gasteiger partial charge in [0.05, 0.1) is 19.8 Å². The van der Waals surface area contributed by atoms with Gasteiger partial charge in [-0.3, -0.25) is 4.79 Å². The zero-order valence-electron chi connectivity index (χ0n) is 17.4. The summed E-state index contributed by atoms with van der Waals surface area (Å²) in [7, 11) is 3.12. The fraction of sp³-hybridized carbons (Fsp3) is 0.160. The Hall–Kier alpha value is -3.80. The maximum absolute atomic E-state index is 13.1. The van der Waals surface area contributed by atoms with E-state index in [0.717, 1.165) is 16.7 Å². The lowest BCUT2D eigenvalue weighted by atomic mass is 10.1. The zero-order chi connectivity index (χ0) is 22.0. The molecule has 0 spiro atoms. The lowest BCUT2D eigenvalue weighted by Crippen LogP contribution is -1.98. The van der Waals surface area contributed by atoms with Gasteiger partial charge >= 0.3 is 0 Å². The van der Waals surface area contributed by atoms with Crippen LogP contribution >= 0.6 is 0 Å². The van der Waals surface area contributed by atoms with E-state index in [1.807, 2.05) is 13.0 Å². The normalized spacial score (nSPS) is 13.7. The molecule has 0 atom stereocenters. The lowest BCUT2D eigenvalue weighted by molar-refractivity contribution is 0.101. The van der Waals surface area contributed by atoms with Crippen LogP contribution in [0.4, 0.5) is 4.39 Å². The molecule has 31 heavy (non-hydrogen) atoms. The number of Topliss-reactive ketones (excluding diaryl/α,β-unsaturated/α-hetero) is 1. The smallest absolute Gasteiger partial charge is 0.231 e. The van der Waals surface area contributed by atoms with Crippen LogP contribution < -0.4 is 18.9 Å². The largest absolute Gasteiger partial charge is 0.493 e. The summed E-state index contributed by atoms with van der Waals surface area (Å²) in [6.07, 6.45) is 1.67. The van der Waals surface area contributed by atoms with E-state index < -0.39 is 0 Å². The van der Waals surface area contributed by atoms with E-state index in [1.165, 1.54) is 12.1 Å². The summed E-state index contributed by atoms with van der Waals surface area (Å²) in [5, 5.41) is 0. The zero-order valence-corrected chi connectivity index (χ0v) is 17.4. The van der Waals surface area contributed by atoms with Crippen molar-refractivity contribution in [3.8, 4) is 23.0 Å².